The quantitative estimate of drug-likeness (QED) is 0.731. The smallest absolute Gasteiger partial charge is 0.124 e. The first-order valence-electron chi connectivity index (χ1n) is 7.38. The van der Waals surface area contributed by atoms with Crippen LogP contribution in [0.5, 0.6) is 0 Å². The van der Waals surface area contributed by atoms with Gasteiger partial charge in [0.25, 0.3) is 0 Å². The van der Waals surface area contributed by atoms with Crippen LogP contribution in [0.15, 0.2) is 22.7 Å². The first-order chi connectivity index (χ1) is 9.23. The van der Waals surface area contributed by atoms with Gasteiger partial charge in [-0.2, -0.15) is 0 Å². The molecule has 0 saturated carbocycles. The second-order valence-corrected chi connectivity index (χ2v) is 7.70. The highest BCUT2D eigenvalue weighted by atomic mass is 79.9. The van der Waals surface area contributed by atoms with E-state index in [0.29, 0.717) is 11.8 Å². The summed E-state index contributed by atoms with van der Waals surface area (Å²) in [4.78, 5) is 0. The molecule has 0 spiro atoms. The average Bonchev–Trinajstić information content (AvgIpc) is 2.26. The third kappa shape index (κ3) is 5.53. The number of rotatable bonds is 7. The maximum atomic E-state index is 13.5. The SMILES string of the molecule is CC(C)CNCC(C)(Cc1cc(F)cc(Br)c1)C(C)C. The Kier molecular flexibility index (Phi) is 6.67. The minimum atomic E-state index is -0.171. The lowest BCUT2D eigenvalue weighted by molar-refractivity contribution is 0.205. The highest BCUT2D eigenvalue weighted by molar-refractivity contribution is 9.10. The van der Waals surface area contributed by atoms with Crippen LogP contribution in [-0.2, 0) is 6.42 Å². The van der Waals surface area contributed by atoms with Crippen molar-refractivity contribution >= 4 is 15.9 Å². The molecule has 3 heteroatoms. The molecule has 0 aromatic heterocycles. The van der Waals surface area contributed by atoms with Gasteiger partial charge in [-0.25, -0.2) is 4.39 Å². The van der Waals surface area contributed by atoms with Crippen LogP contribution in [0.4, 0.5) is 4.39 Å². The molecule has 0 heterocycles. The number of nitrogens with one attached hydrogen (secondary N) is 1. The zero-order chi connectivity index (χ0) is 15.3. The second-order valence-electron chi connectivity index (χ2n) is 6.79. The van der Waals surface area contributed by atoms with E-state index in [-0.39, 0.29) is 11.2 Å². The zero-order valence-electron chi connectivity index (χ0n) is 13.3. The molecule has 0 aliphatic rings. The Bertz CT molecular complexity index is 411. The van der Waals surface area contributed by atoms with Gasteiger partial charge in [0.05, 0.1) is 0 Å². The van der Waals surface area contributed by atoms with E-state index in [1.54, 1.807) is 6.07 Å². The van der Waals surface area contributed by atoms with Crippen molar-refractivity contribution in [2.24, 2.45) is 17.3 Å². The van der Waals surface area contributed by atoms with Crippen LogP contribution in [0.2, 0.25) is 0 Å². The molecule has 1 rings (SSSR count). The summed E-state index contributed by atoms with van der Waals surface area (Å²) in [5.41, 5.74) is 1.18. The molecule has 1 N–H and O–H groups in total. The van der Waals surface area contributed by atoms with Crippen LogP contribution in [0.3, 0.4) is 0 Å². The summed E-state index contributed by atoms with van der Waals surface area (Å²) in [5, 5.41) is 3.55. The summed E-state index contributed by atoms with van der Waals surface area (Å²) < 4.78 is 14.3. The van der Waals surface area contributed by atoms with Gasteiger partial charge in [0, 0.05) is 11.0 Å². The monoisotopic (exact) mass is 343 g/mol. The van der Waals surface area contributed by atoms with E-state index < -0.39 is 0 Å². The largest absolute Gasteiger partial charge is 0.316 e. The third-order valence-electron chi connectivity index (χ3n) is 4.01. The fraction of sp³-hybridized carbons (Fsp3) is 0.647. The van der Waals surface area contributed by atoms with E-state index in [4.69, 9.17) is 0 Å². The lowest BCUT2D eigenvalue weighted by atomic mass is 9.74. The van der Waals surface area contributed by atoms with Crippen LogP contribution in [0.1, 0.15) is 40.2 Å². The highest BCUT2D eigenvalue weighted by Gasteiger charge is 2.28. The summed E-state index contributed by atoms with van der Waals surface area (Å²) in [5.74, 6) is 1.01. The Hall–Kier alpha value is -0.410. The molecule has 20 heavy (non-hydrogen) atoms. The summed E-state index contributed by atoms with van der Waals surface area (Å²) in [6.07, 6.45) is 0.881. The Labute approximate surface area is 131 Å². The minimum absolute atomic E-state index is 0.127. The van der Waals surface area contributed by atoms with Gasteiger partial charge in [-0.1, -0.05) is 50.5 Å². The lowest BCUT2D eigenvalue weighted by Gasteiger charge is -2.35. The van der Waals surface area contributed by atoms with Crippen molar-refractivity contribution in [1.29, 1.82) is 0 Å². The van der Waals surface area contributed by atoms with Crippen LogP contribution in [-0.4, -0.2) is 13.1 Å². The van der Waals surface area contributed by atoms with Gasteiger partial charge >= 0.3 is 0 Å². The molecule has 0 bridgehead atoms. The van der Waals surface area contributed by atoms with E-state index in [9.17, 15) is 4.39 Å². The van der Waals surface area contributed by atoms with Crippen molar-refractivity contribution in [1.82, 2.24) is 5.32 Å². The molecule has 0 aliphatic carbocycles. The van der Waals surface area contributed by atoms with Gasteiger partial charge in [-0.15, -0.1) is 0 Å². The third-order valence-corrected chi connectivity index (χ3v) is 4.46. The van der Waals surface area contributed by atoms with E-state index in [0.717, 1.165) is 29.5 Å². The molecule has 0 fully saturated rings. The molecule has 1 atom stereocenters. The fourth-order valence-corrected chi connectivity index (χ4v) is 2.81. The van der Waals surface area contributed by atoms with Gasteiger partial charge in [-0.3, -0.25) is 0 Å². The molecule has 0 saturated heterocycles. The molecule has 0 radical (unpaired) electrons. The molecule has 114 valence electrons. The average molecular weight is 344 g/mol. The molecular formula is C17H27BrFN. The summed E-state index contributed by atoms with van der Waals surface area (Å²) in [7, 11) is 0. The molecule has 0 amide bonds. The van der Waals surface area contributed by atoms with Gasteiger partial charge < -0.3 is 5.32 Å². The Morgan fingerprint density at radius 1 is 1.20 bits per heavy atom. The van der Waals surface area contributed by atoms with E-state index >= 15 is 0 Å². The molecule has 1 nitrogen and oxygen atoms in total. The standard InChI is InChI=1S/C17H27BrFN/c1-12(2)10-20-11-17(5,13(3)4)9-14-6-15(18)8-16(19)7-14/h6-8,12-13,20H,9-11H2,1-5H3. The molecule has 1 unspecified atom stereocenters. The Balaban J connectivity index is 2.79. The van der Waals surface area contributed by atoms with Crippen LogP contribution in [0.25, 0.3) is 0 Å². The topological polar surface area (TPSA) is 12.0 Å². The predicted octanol–water partition coefficient (Wildman–Crippen LogP) is 5.04. The zero-order valence-corrected chi connectivity index (χ0v) is 14.8. The van der Waals surface area contributed by atoms with Crippen molar-refractivity contribution in [3.63, 3.8) is 0 Å². The van der Waals surface area contributed by atoms with Gasteiger partial charge in [0.2, 0.25) is 0 Å². The van der Waals surface area contributed by atoms with Crippen LogP contribution in [0, 0.1) is 23.1 Å². The summed E-state index contributed by atoms with van der Waals surface area (Å²) >= 11 is 3.37. The van der Waals surface area contributed by atoms with Crippen molar-refractivity contribution in [2.75, 3.05) is 13.1 Å². The number of halogens is 2. The summed E-state index contributed by atoms with van der Waals surface area (Å²) in [6, 6.07) is 5.17. The second kappa shape index (κ2) is 7.56. The van der Waals surface area contributed by atoms with Gasteiger partial charge in [-0.05, 0) is 54.0 Å². The first kappa shape index (κ1) is 17.6. The van der Waals surface area contributed by atoms with Crippen molar-refractivity contribution < 1.29 is 4.39 Å². The molecule has 1 aromatic rings. The fourth-order valence-electron chi connectivity index (χ4n) is 2.30. The summed E-state index contributed by atoms with van der Waals surface area (Å²) in [6.45, 7) is 13.2. The maximum Gasteiger partial charge on any atom is 0.124 e. The molecular weight excluding hydrogens is 317 g/mol. The Morgan fingerprint density at radius 3 is 2.35 bits per heavy atom. The molecule has 0 aliphatic heterocycles. The van der Waals surface area contributed by atoms with E-state index in [1.807, 2.05) is 6.07 Å². The van der Waals surface area contributed by atoms with Gasteiger partial charge in [0.15, 0.2) is 0 Å². The van der Waals surface area contributed by atoms with Crippen LogP contribution < -0.4 is 5.32 Å². The predicted molar refractivity (Wildman–Crippen MR) is 88.5 cm³/mol. The lowest BCUT2D eigenvalue weighted by Crippen LogP contribution is -2.39. The minimum Gasteiger partial charge on any atom is -0.316 e. The maximum absolute atomic E-state index is 13.5. The number of hydrogen-bond acceptors (Lipinski definition) is 1. The first-order valence-corrected chi connectivity index (χ1v) is 8.18. The number of benzene rings is 1. The van der Waals surface area contributed by atoms with Crippen molar-refractivity contribution in [2.45, 2.75) is 41.0 Å². The van der Waals surface area contributed by atoms with Crippen LogP contribution >= 0.6 is 15.9 Å². The normalized spacial score (nSPS) is 14.8. The van der Waals surface area contributed by atoms with Gasteiger partial charge in [0.1, 0.15) is 5.82 Å². The van der Waals surface area contributed by atoms with Crippen molar-refractivity contribution in [3.8, 4) is 0 Å². The van der Waals surface area contributed by atoms with Crippen molar-refractivity contribution in [3.05, 3.63) is 34.1 Å². The number of hydrogen-bond donors (Lipinski definition) is 1. The van der Waals surface area contributed by atoms with E-state index in [1.165, 1.54) is 6.07 Å². The molecule has 1 aromatic carbocycles. The highest BCUT2D eigenvalue weighted by Crippen LogP contribution is 2.32. The Morgan fingerprint density at radius 2 is 1.85 bits per heavy atom. The van der Waals surface area contributed by atoms with E-state index in [2.05, 4.69) is 55.9 Å².